The van der Waals surface area contributed by atoms with Gasteiger partial charge in [-0.15, -0.1) is 0 Å². The Morgan fingerprint density at radius 3 is 2.57 bits per heavy atom. The van der Waals surface area contributed by atoms with Gasteiger partial charge in [-0.2, -0.15) is 5.10 Å². The second-order valence-electron chi connectivity index (χ2n) is 2.42. The first-order valence-electron chi connectivity index (χ1n) is 3.43. The van der Waals surface area contributed by atoms with Crippen molar-refractivity contribution in [3.05, 3.63) is 11.8 Å². The van der Waals surface area contributed by atoms with Crippen molar-refractivity contribution in [2.24, 2.45) is 7.05 Å². The van der Waals surface area contributed by atoms with Gasteiger partial charge in [0.05, 0.1) is 7.11 Å². The van der Waals surface area contributed by atoms with Crippen molar-refractivity contribution in [1.82, 2.24) is 9.78 Å². The van der Waals surface area contributed by atoms with Crippen LogP contribution in [0.1, 0.15) is 10.5 Å². The van der Waals surface area contributed by atoms with Gasteiger partial charge in [0.2, 0.25) is 0 Å². The Hall–Kier alpha value is -1.08. The zero-order valence-electron chi connectivity index (χ0n) is 7.39. The van der Waals surface area contributed by atoms with Crippen LogP contribution in [-0.4, -0.2) is 31.3 Å². The topological polar surface area (TPSA) is 78.3 Å². The Morgan fingerprint density at radius 1 is 1.64 bits per heavy atom. The first-order valence-corrected chi connectivity index (χ1v) is 5.74. The minimum Gasteiger partial charge on any atom is -0.464 e. The van der Waals surface area contributed by atoms with Gasteiger partial charge in [-0.05, 0) is 0 Å². The highest BCUT2D eigenvalue weighted by Gasteiger charge is 2.20. The molecule has 0 bridgehead atoms. The Kier molecular flexibility index (Phi) is 2.81. The van der Waals surface area contributed by atoms with Crippen LogP contribution in [0.4, 0.5) is 0 Å². The van der Waals surface area contributed by atoms with Gasteiger partial charge in [0, 0.05) is 23.8 Å². The van der Waals surface area contributed by atoms with E-state index in [1.807, 2.05) is 0 Å². The minimum atomic E-state index is -3.91. The molecule has 0 atom stereocenters. The molecule has 1 aromatic heterocycles. The largest absolute Gasteiger partial charge is 0.464 e. The van der Waals surface area contributed by atoms with Crippen LogP contribution >= 0.6 is 10.7 Å². The predicted octanol–water partition coefficient (Wildman–Crippen LogP) is 0.134. The molecule has 0 aliphatic heterocycles. The van der Waals surface area contributed by atoms with E-state index in [9.17, 15) is 13.2 Å². The van der Waals surface area contributed by atoms with Gasteiger partial charge < -0.3 is 4.74 Å². The van der Waals surface area contributed by atoms with Gasteiger partial charge in [-0.3, -0.25) is 4.68 Å². The quantitative estimate of drug-likeness (QED) is 0.541. The van der Waals surface area contributed by atoms with Crippen molar-refractivity contribution in [2.45, 2.75) is 5.03 Å². The molecule has 0 amide bonds. The van der Waals surface area contributed by atoms with Crippen molar-refractivity contribution in [1.29, 1.82) is 0 Å². The van der Waals surface area contributed by atoms with E-state index in [2.05, 4.69) is 9.84 Å². The molecule has 1 aromatic rings. The van der Waals surface area contributed by atoms with E-state index in [1.54, 1.807) is 0 Å². The van der Waals surface area contributed by atoms with E-state index in [-0.39, 0.29) is 10.7 Å². The summed E-state index contributed by atoms with van der Waals surface area (Å²) in [5.41, 5.74) is 0.0201. The first kappa shape index (κ1) is 11.0. The molecule has 0 aliphatic rings. The third kappa shape index (κ3) is 2.05. The van der Waals surface area contributed by atoms with Gasteiger partial charge in [-0.1, -0.05) is 0 Å². The molecule has 0 unspecified atom stereocenters. The summed E-state index contributed by atoms with van der Waals surface area (Å²) in [5.74, 6) is -0.674. The summed E-state index contributed by atoms with van der Waals surface area (Å²) in [6, 6.07) is 1.05. The van der Waals surface area contributed by atoms with Crippen LogP contribution in [0.3, 0.4) is 0 Å². The SMILES string of the molecule is COC(=O)c1cc(S(=O)(=O)Cl)nn1C. The van der Waals surface area contributed by atoms with E-state index in [1.165, 1.54) is 14.2 Å². The molecule has 0 radical (unpaired) electrons. The molecule has 0 saturated heterocycles. The van der Waals surface area contributed by atoms with Gasteiger partial charge >= 0.3 is 5.97 Å². The number of nitrogens with zero attached hydrogens (tertiary/aromatic N) is 2. The average molecular weight is 239 g/mol. The van der Waals surface area contributed by atoms with Crippen LogP contribution in [-0.2, 0) is 20.8 Å². The fourth-order valence-electron chi connectivity index (χ4n) is 0.856. The van der Waals surface area contributed by atoms with Crippen LogP contribution in [0, 0.1) is 0 Å². The molecule has 8 heteroatoms. The highest BCUT2D eigenvalue weighted by Crippen LogP contribution is 2.14. The van der Waals surface area contributed by atoms with Gasteiger partial charge in [0.1, 0.15) is 5.69 Å². The molecule has 78 valence electrons. The van der Waals surface area contributed by atoms with E-state index in [4.69, 9.17) is 10.7 Å². The molecule has 0 aliphatic carbocycles. The summed E-state index contributed by atoms with van der Waals surface area (Å²) in [6.07, 6.45) is 0. The number of carbonyl (C=O) groups excluding carboxylic acids is 1. The summed E-state index contributed by atoms with van der Waals surface area (Å²) in [5, 5.41) is 3.17. The Morgan fingerprint density at radius 2 is 2.21 bits per heavy atom. The molecule has 1 rings (SSSR count). The molecule has 6 nitrogen and oxygen atoms in total. The molecular weight excluding hydrogens is 232 g/mol. The lowest BCUT2D eigenvalue weighted by molar-refractivity contribution is 0.0588. The lowest BCUT2D eigenvalue weighted by Crippen LogP contribution is -2.07. The highest BCUT2D eigenvalue weighted by molar-refractivity contribution is 8.13. The number of carbonyl (C=O) groups is 1. The van der Waals surface area contributed by atoms with E-state index in [0.29, 0.717) is 0 Å². The first-order chi connectivity index (χ1) is 6.36. The van der Waals surface area contributed by atoms with Crippen molar-refractivity contribution >= 4 is 25.7 Å². The van der Waals surface area contributed by atoms with Crippen molar-refractivity contribution in [3.8, 4) is 0 Å². The monoisotopic (exact) mass is 238 g/mol. The van der Waals surface area contributed by atoms with Gasteiger partial charge in [0.25, 0.3) is 9.05 Å². The standard InChI is InChI=1S/C6H7ClN2O4S/c1-9-4(6(10)13-2)3-5(8-9)14(7,11)12/h3H,1-2H3. The third-order valence-corrected chi connectivity index (χ3v) is 2.68. The molecule has 0 fully saturated rings. The maximum absolute atomic E-state index is 11.1. The number of methoxy groups -OCH3 is 1. The summed E-state index contributed by atoms with van der Waals surface area (Å²) in [4.78, 5) is 11.1. The number of halogens is 1. The van der Waals surface area contributed by atoms with Crippen molar-refractivity contribution in [2.75, 3.05) is 7.11 Å². The summed E-state index contributed by atoms with van der Waals surface area (Å²) < 4.78 is 27.2. The van der Waals surface area contributed by atoms with Crippen LogP contribution < -0.4 is 0 Å². The predicted molar refractivity (Wildman–Crippen MR) is 47.6 cm³/mol. The number of aromatic nitrogens is 2. The molecule has 14 heavy (non-hydrogen) atoms. The molecule has 0 aromatic carbocycles. The number of ether oxygens (including phenoxy) is 1. The minimum absolute atomic E-state index is 0.0201. The Bertz CT molecular complexity index is 464. The van der Waals surface area contributed by atoms with Crippen LogP contribution in [0.5, 0.6) is 0 Å². The zero-order chi connectivity index (χ0) is 10.9. The lowest BCUT2D eigenvalue weighted by atomic mass is 10.4. The van der Waals surface area contributed by atoms with Crippen LogP contribution in [0.25, 0.3) is 0 Å². The maximum Gasteiger partial charge on any atom is 0.356 e. The van der Waals surface area contributed by atoms with E-state index < -0.39 is 15.0 Å². The number of esters is 1. The molecule has 0 saturated carbocycles. The van der Waals surface area contributed by atoms with E-state index in [0.717, 1.165) is 10.7 Å². The summed E-state index contributed by atoms with van der Waals surface area (Å²) in [7, 11) is 3.72. The van der Waals surface area contributed by atoms with E-state index >= 15 is 0 Å². The lowest BCUT2D eigenvalue weighted by Gasteiger charge is -1.96. The smallest absolute Gasteiger partial charge is 0.356 e. The third-order valence-electron chi connectivity index (χ3n) is 1.50. The average Bonchev–Trinajstić information content (AvgIpc) is 2.45. The van der Waals surface area contributed by atoms with Crippen molar-refractivity contribution in [3.63, 3.8) is 0 Å². The number of rotatable bonds is 2. The number of hydrogen-bond donors (Lipinski definition) is 0. The number of aryl methyl sites for hydroxylation is 1. The highest BCUT2D eigenvalue weighted by atomic mass is 35.7. The summed E-state index contributed by atoms with van der Waals surface area (Å²) in [6.45, 7) is 0. The second kappa shape index (κ2) is 3.58. The maximum atomic E-state index is 11.1. The Balaban J connectivity index is 3.25. The number of hydrogen-bond acceptors (Lipinski definition) is 5. The van der Waals surface area contributed by atoms with Gasteiger partial charge in [0.15, 0.2) is 5.03 Å². The summed E-state index contributed by atoms with van der Waals surface area (Å²) >= 11 is 0. The van der Waals surface area contributed by atoms with Crippen molar-refractivity contribution < 1.29 is 17.9 Å². The molecule has 0 N–H and O–H groups in total. The normalized spacial score (nSPS) is 11.4. The fraction of sp³-hybridized carbons (Fsp3) is 0.333. The molecule has 0 spiro atoms. The molecular formula is C6H7ClN2O4S. The zero-order valence-corrected chi connectivity index (χ0v) is 8.96. The fourth-order valence-corrected chi connectivity index (χ4v) is 1.55. The van der Waals surface area contributed by atoms with Crippen LogP contribution in [0.15, 0.2) is 11.1 Å². The van der Waals surface area contributed by atoms with Gasteiger partial charge in [-0.25, -0.2) is 13.2 Å². The Labute approximate surface area is 84.8 Å². The second-order valence-corrected chi connectivity index (χ2v) is 4.93. The molecule has 1 heterocycles. The van der Waals surface area contributed by atoms with Crippen LogP contribution in [0.2, 0.25) is 0 Å².